The second-order valence-corrected chi connectivity index (χ2v) is 7.19. The van der Waals surface area contributed by atoms with Crippen molar-refractivity contribution < 1.29 is 8.42 Å². The molecule has 1 fully saturated rings. The zero-order chi connectivity index (χ0) is 14.0. The molecule has 4 nitrogen and oxygen atoms in total. The number of nitrogens with zero attached hydrogens (tertiary/aromatic N) is 1. The third-order valence-corrected chi connectivity index (χ3v) is 5.63. The summed E-state index contributed by atoms with van der Waals surface area (Å²) in [6, 6.07) is 6.31. The van der Waals surface area contributed by atoms with Gasteiger partial charge in [-0.3, -0.25) is 0 Å². The molecule has 0 aliphatic heterocycles. The van der Waals surface area contributed by atoms with Crippen molar-refractivity contribution in [3.05, 3.63) is 29.3 Å². The van der Waals surface area contributed by atoms with Crippen molar-refractivity contribution in [2.75, 3.05) is 13.6 Å². The predicted molar refractivity (Wildman–Crippen MR) is 76.5 cm³/mol. The average Bonchev–Trinajstić information content (AvgIpc) is 3.20. The van der Waals surface area contributed by atoms with Crippen molar-refractivity contribution in [1.82, 2.24) is 9.62 Å². The van der Waals surface area contributed by atoms with E-state index in [1.165, 1.54) is 17.1 Å². The van der Waals surface area contributed by atoms with E-state index in [4.69, 9.17) is 0 Å². The molecule has 1 aliphatic rings. The fraction of sp³-hybridized carbons (Fsp3) is 0.571. The molecule has 0 aromatic heterocycles. The molecule has 0 heterocycles. The molecule has 1 aromatic carbocycles. The van der Waals surface area contributed by atoms with Crippen molar-refractivity contribution in [2.24, 2.45) is 0 Å². The number of aryl methyl sites for hydroxylation is 1. The highest BCUT2D eigenvalue weighted by Gasteiger charge is 2.23. The minimum Gasteiger partial charge on any atom is -0.310 e. The molecule has 2 rings (SSSR count). The Labute approximate surface area is 115 Å². The van der Waals surface area contributed by atoms with Crippen molar-refractivity contribution in [1.29, 1.82) is 0 Å². The van der Waals surface area contributed by atoms with E-state index < -0.39 is 10.0 Å². The Morgan fingerprint density at radius 2 is 2.05 bits per heavy atom. The first-order valence-electron chi connectivity index (χ1n) is 6.74. The molecule has 0 spiro atoms. The van der Waals surface area contributed by atoms with Crippen molar-refractivity contribution in [2.45, 2.75) is 44.2 Å². The Morgan fingerprint density at radius 3 is 2.63 bits per heavy atom. The van der Waals surface area contributed by atoms with Crippen LogP contribution in [0.1, 0.15) is 30.9 Å². The van der Waals surface area contributed by atoms with E-state index >= 15 is 0 Å². The lowest BCUT2D eigenvalue weighted by molar-refractivity contribution is 0.485. The molecular formula is C14H22N2O2S. The monoisotopic (exact) mass is 282 g/mol. The van der Waals surface area contributed by atoms with E-state index in [2.05, 4.69) is 5.32 Å². The van der Waals surface area contributed by atoms with Gasteiger partial charge in [-0.1, -0.05) is 19.1 Å². The zero-order valence-electron chi connectivity index (χ0n) is 11.8. The van der Waals surface area contributed by atoms with Crippen LogP contribution in [0.4, 0.5) is 0 Å². The van der Waals surface area contributed by atoms with Crippen LogP contribution in [0.2, 0.25) is 0 Å². The Kier molecular flexibility index (Phi) is 4.28. The van der Waals surface area contributed by atoms with Crippen LogP contribution >= 0.6 is 0 Å². The van der Waals surface area contributed by atoms with Gasteiger partial charge >= 0.3 is 0 Å². The van der Waals surface area contributed by atoms with Gasteiger partial charge in [0.05, 0.1) is 4.90 Å². The number of benzene rings is 1. The normalized spacial score (nSPS) is 16.0. The summed E-state index contributed by atoms with van der Waals surface area (Å²) in [5, 5.41) is 3.41. The van der Waals surface area contributed by atoms with Crippen LogP contribution in [0, 0.1) is 6.92 Å². The third kappa shape index (κ3) is 3.35. The molecule has 1 aliphatic carbocycles. The molecule has 0 unspecified atom stereocenters. The zero-order valence-corrected chi connectivity index (χ0v) is 12.6. The number of hydrogen-bond donors (Lipinski definition) is 1. The van der Waals surface area contributed by atoms with Crippen molar-refractivity contribution in [3.63, 3.8) is 0 Å². The van der Waals surface area contributed by atoms with Crippen LogP contribution < -0.4 is 5.32 Å². The molecule has 0 atom stereocenters. The number of hydrogen-bond acceptors (Lipinski definition) is 3. The van der Waals surface area contributed by atoms with Crippen LogP contribution in [-0.2, 0) is 16.6 Å². The fourth-order valence-electron chi connectivity index (χ4n) is 1.92. The summed E-state index contributed by atoms with van der Waals surface area (Å²) in [7, 11) is -1.74. The lowest BCUT2D eigenvalue weighted by atomic mass is 10.1. The SMILES string of the molecule is CCN(C)S(=O)(=O)c1cc(CNC2CC2)ccc1C. The lowest BCUT2D eigenvalue weighted by Gasteiger charge is -2.17. The minimum atomic E-state index is -3.36. The van der Waals surface area contributed by atoms with E-state index in [1.54, 1.807) is 13.1 Å². The predicted octanol–water partition coefficient (Wildman–Crippen LogP) is 1.89. The highest BCUT2D eigenvalue weighted by atomic mass is 32.2. The molecule has 1 saturated carbocycles. The van der Waals surface area contributed by atoms with Gasteiger partial charge in [0.2, 0.25) is 10.0 Å². The Morgan fingerprint density at radius 1 is 1.37 bits per heavy atom. The third-order valence-electron chi connectivity index (χ3n) is 3.56. The maximum atomic E-state index is 12.4. The number of sulfonamides is 1. The second-order valence-electron chi connectivity index (χ2n) is 5.17. The van der Waals surface area contributed by atoms with Gasteiger partial charge in [-0.25, -0.2) is 12.7 Å². The molecule has 106 valence electrons. The van der Waals surface area contributed by atoms with Gasteiger partial charge in [0.15, 0.2) is 0 Å². The second kappa shape index (κ2) is 5.61. The van der Waals surface area contributed by atoms with Crippen LogP contribution in [0.5, 0.6) is 0 Å². The fourth-order valence-corrected chi connectivity index (χ4v) is 3.37. The first-order chi connectivity index (χ1) is 8.95. The van der Waals surface area contributed by atoms with E-state index in [1.807, 2.05) is 26.0 Å². The molecule has 1 aromatic rings. The molecule has 0 saturated heterocycles. The van der Waals surface area contributed by atoms with E-state index in [0.29, 0.717) is 17.5 Å². The lowest BCUT2D eigenvalue weighted by Crippen LogP contribution is -2.27. The van der Waals surface area contributed by atoms with Gasteiger partial charge in [-0.05, 0) is 37.0 Å². The molecular weight excluding hydrogens is 260 g/mol. The number of rotatable bonds is 6. The van der Waals surface area contributed by atoms with Crippen LogP contribution in [0.3, 0.4) is 0 Å². The van der Waals surface area contributed by atoms with Crippen LogP contribution in [-0.4, -0.2) is 32.4 Å². The number of nitrogens with one attached hydrogen (secondary N) is 1. The Hall–Kier alpha value is -0.910. The maximum Gasteiger partial charge on any atom is 0.243 e. The maximum absolute atomic E-state index is 12.4. The van der Waals surface area contributed by atoms with Crippen molar-refractivity contribution >= 4 is 10.0 Å². The van der Waals surface area contributed by atoms with Gasteiger partial charge in [0, 0.05) is 26.2 Å². The van der Waals surface area contributed by atoms with Gasteiger partial charge in [0.25, 0.3) is 0 Å². The smallest absolute Gasteiger partial charge is 0.243 e. The van der Waals surface area contributed by atoms with E-state index in [0.717, 1.165) is 17.7 Å². The van der Waals surface area contributed by atoms with Crippen molar-refractivity contribution in [3.8, 4) is 0 Å². The highest BCUT2D eigenvalue weighted by Crippen LogP contribution is 2.22. The van der Waals surface area contributed by atoms with Crippen LogP contribution in [0.15, 0.2) is 23.1 Å². The molecule has 0 amide bonds. The summed E-state index contributed by atoms with van der Waals surface area (Å²) in [6.07, 6.45) is 2.46. The first-order valence-corrected chi connectivity index (χ1v) is 8.18. The van der Waals surface area contributed by atoms with E-state index in [-0.39, 0.29) is 0 Å². The van der Waals surface area contributed by atoms with E-state index in [9.17, 15) is 8.42 Å². The van der Waals surface area contributed by atoms with Gasteiger partial charge in [-0.2, -0.15) is 0 Å². The van der Waals surface area contributed by atoms with Gasteiger partial charge in [-0.15, -0.1) is 0 Å². The van der Waals surface area contributed by atoms with Gasteiger partial charge < -0.3 is 5.32 Å². The Bertz CT molecular complexity index is 551. The molecule has 0 bridgehead atoms. The summed E-state index contributed by atoms with van der Waals surface area (Å²) in [4.78, 5) is 0.423. The summed E-state index contributed by atoms with van der Waals surface area (Å²) in [5.41, 5.74) is 1.83. The molecule has 19 heavy (non-hydrogen) atoms. The molecule has 1 N–H and O–H groups in total. The van der Waals surface area contributed by atoms with Gasteiger partial charge in [0.1, 0.15) is 0 Å². The molecule has 0 radical (unpaired) electrons. The average molecular weight is 282 g/mol. The van der Waals surface area contributed by atoms with Crippen LogP contribution in [0.25, 0.3) is 0 Å². The minimum absolute atomic E-state index is 0.423. The first kappa shape index (κ1) is 14.5. The summed E-state index contributed by atoms with van der Waals surface area (Å²) >= 11 is 0. The topological polar surface area (TPSA) is 49.4 Å². The standard InChI is InChI=1S/C14H22N2O2S/c1-4-16(3)19(17,18)14-9-12(6-5-11(14)2)10-15-13-7-8-13/h5-6,9,13,15H,4,7-8,10H2,1-3H3. The summed E-state index contributed by atoms with van der Waals surface area (Å²) in [5.74, 6) is 0. The molecule has 5 heteroatoms. The quantitative estimate of drug-likeness (QED) is 0.867. The summed E-state index contributed by atoms with van der Waals surface area (Å²) in [6.45, 7) is 4.90. The Balaban J connectivity index is 2.25. The largest absolute Gasteiger partial charge is 0.310 e. The highest BCUT2D eigenvalue weighted by molar-refractivity contribution is 7.89. The summed E-state index contributed by atoms with van der Waals surface area (Å²) < 4.78 is 26.2.